The topological polar surface area (TPSA) is 40.2 Å². The maximum Gasteiger partial charge on any atom is 0.446 e. The van der Waals surface area contributed by atoms with Crippen LogP contribution in [0.4, 0.5) is 18.9 Å². The lowest BCUT2D eigenvalue weighted by atomic mass is 9.52. The van der Waals surface area contributed by atoms with Gasteiger partial charge in [-0.05, 0) is 154 Å². The van der Waals surface area contributed by atoms with Crippen LogP contribution >= 0.6 is 23.5 Å². The third kappa shape index (κ3) is 7.67. The van der Waals surface area contributed by atoms with E-state index in [1.165, 1.54) is 5.69 Å². The van der Waals surface area contributed by atoms with Gasteiger partial charge in [-0.3, -0.25) is 0 Å². The first-order valence-electron chi connectivity index (χ1n) is 22.3. The van der Waals surface area contributed by atoms with E-state index in [0.29, 0.717) is 13.2 Å². The summed E-state index contributed by atoms with van der Waals surface area (Å²) in [6.45, 7) is 12.4. The van der Waals surface area contributed by atoms with Crippen LogP contribution in [0.25, 0.3) is 39.1 Å². The van der Waals surface area contributed by atoms with Crippen molar-refractivity contribution in [1.29, 1.82) is 0 Å². The number of morpholine rings is 1. The molecule has 2 aliphatic carbocycles. The number of rotatable bonds is 8. The molecule has 4 aliphatic rings. The van der Waals surface area contributed by atoms with E-state index >= 15 is 0 Å². The van der Waals surface area contributed by atoms with Gasteiger partial charge in [0, 0.05) is 56.1 Å². The first kappa shape index (κ1) is 43.8. The summed E-state index contributed by atoms with van der Waals surface area (Å²) in [7, 11) is 3.33. The van der Waals surface area contributed by atoms with E-state index in [0.717, 1.165) is 115 Å². The minimum absolute atomic E-state index is 0.0284. The molecular formula is C55H54F3NO4S2. The van der Waals surface area contributed by atoms with Crippen LogP contribution in [0, 0.1) is 10.8 Å². The van der Waals surface area contributed by atoms with Crippen LogP contribution in [0.15, 0.2) is 119 Å². The van der Waals surface area contributed by atoms with E-state index in [9.17, 15) is 13.2 Å². The second-order valence-corrected chi connectivity index (χ2v) is 21.5. The van der Waals surface area contributed by atoms with Crippen molar-refractivity contribution < 1.29 is 32.1 Å². The van der Waals surface area contributed by atoms with Gasteiger partial charge in [0.15, 0.2) is 5.60 Å². The van der Waals surface area contributed by atoms with Crippen LogP contribution in [0.3, 0.4) is 0 Å². The second kappa shape index (κ2) is 16.1. The molecule has 6 aromatic carbocycles. The Morgan fingerprint density at radius 3 is 1.88 bits per heavy atom. The number of thioether (sulfide) groups is 2. The summed E-state index contributed by atoms with van der Waals surface area (Å²) in [4.78, 5) is 3.68. The molecule has 2 fully saturated rings. The Balaban J connectivity index is 1.29. The van der Waals surface area contributed by atoms with Gasteiger partial charge in [-0.1, -0.05) is 76.2 Å². The largest absolute Gasteiger partial charge is 0.497 e. The van der Waals surface area contributed by atoms with Gasteiger partial charge in [0.2, 0.25) is 0 Å². The molecule has 2 aliphatic heterocycles. The van der Waals surface area contributed by atoms with Crippen molar-refractivity contribution in [3.8, 4) is 39.5 Å². The number of ether oxygens (including phenoxy) is 4. The first-order chi connectivity index (χ1) is 31.1. The molecule has 0 radical (unpaired) electrons. The third-order valence-electron chi connectivity index (χ3n) is 14.0. The van der Waals surface area contributed by atoms with E-state index in [-0.39, 0.29) is 27.5 Å². The van der Waals surface area contributed by atoms with Crippen LogP contribution < -0.4 is 19.1 Å². The average Bonchev–Trinajstić information content (AvgIpc) is 3.54. The van der Waals surface area contributed by atoms with Gasteiger partial charge >= 0.3 is 5.51 Å². The van der Waals surface area contributed by atoms with Crippen LogP contribution in [0.5, 0.6) is 17.2 Å². The molecule has 0 bridgehead atoms. The summed E-state index contributed by atoms with van der Waals surface area (Å²) in [5.41, 5.74) is 4.05. The number of hydrogen-bond acceptors (Lipinski definition) is 7. The summed E-state index contributed by atoms with van der Waals surface area (Å²) in [6, 6.07) is 35.0. The Kier molecular flexibility index (Phi) is 10.9. The van der Waals surface area contributed by atoms with Crippen molar-refractivity contribution in [2.45, 2.75) is 73.3 Å². The Morgan fingerprint density at radius 2 is 1.31 bits per heavy atom. The Hall–Kier alpha value is -5.03. The molecule has 0 amide bonds. The minimum atomic E-state index is -4.42. The molecule has 0 unspecified atom stereocenters. The van der Waals surface area contributed by atoms with Crippen LogP contribution in [-0.2, 0) is 15.8 Å². The molecule has 5 nitrogen and oxygen atoms in total. The van der Waals surface area contributed by atoms with Gasteiger partial charge in [-0.15, -0.1) is 11.8 Å². The summed E-state index contributed by atoms with van der Waals surface area (Å²) in [5.74, 6) is 2.23. The van der Waals surface area contributed by atoms with E-state index in [1.807, 2.05) is 36.4 Å². The highest BCUT2D eigenvalue weighted by Gasteiger charge is 2.56. The van der Waals surface area contributed by atoms with Gasteiger partial charge in [-0.2, -0.15) is 13.2 Å². The molecule has 0 atom stereocenters. The molecule has 1 saturated heterocycles. The van der Waals surface area contributed by atoms with Crippen molar-refractivity contribution in [3.63, 3.8) is 0 Å². The Bertz CT molecular complexity index is 2760. The maximum atomic E-state index is 14.2. The fraction of sp³-hybridized carbons (Fsp3) is 0.345. The van der Waals surface area contributed by atoms with Gasteiger partial charge in [0.05, 0.1) is 27.4 Å². The number of halogens is 3. The fourth-order valence-electron chi connectivity index (χ4n) is 12.1. The van der Waals surface area contributed by atoms with Crippen molar-refractivity contribution in [2.75, 3.05) is 51.7 Å². The number of nitrogens with zero attached hydrogens (tertiary/aromatic N) is 1. The summed E-state index contributed by atoms with van der Waals surface area (Å²) < 4.78 is 67.3. The number of alkyl halides is 3. The highest BCUT2D eigenvalue weighted by atomic mass is 32.2. The lowest BCUT2D eigenvalue weighted by molar-refractivity contribution is -0.0328. The molecule has 2 heterocycles. The van der Waals surface area contributed by atoms with Gasteiger partial charge in [0.25, 0.3) is 0 Å². The van der Waals surface area contributed by atoms with Gasteiger partial charge in [-0.25, -0.2) is 0 Å². The fourth-order valence-corrected chi connectivity index (χ4v) is 13.3. The van der Waals surface area contributed by atoms with E-state index in [1.54, 1.807) is 32.0 Å². The quantitative estimate of drug-likeness (QED) is 0.141. The second-order valence-electron chi connectivity index (χ2n) is 19.6. The highest BCUT2D eigenvalue weighted by Crippen LogP contribution is 2.67. The zero-order chi connectivity index (χ0) is 45.5. The standard InChI is InChI=1S/C55H54F3NO4S2/c1-51(2)31-52(3,4)33-53(32-51)46-28-40(65-55(56,57)58)20-21-41(46)48-44-30-47(64-7)43(34-8-14-37(15-9-34)59-24-26-62-27-25-59)29-45(44)50-42(49(48)53)22-23-54(63-50,35-10-16-38(60-5)17-11-35)36-12-18-39(61-6)19-13-36/h8-23,28-30H,24-27,31-33H2,1-7H3. The predicted octanol–water partition coefficient (Wildman–Crippen LogP) is 14.5. The molecule has 1 saturated carbocycles. The minimum Gasteiger partial charge on any atom is -0.497 e. The number of methoxy groups -OCH3 is 2. The number of benzene rings is 6. The molecule has 6 aromatic rings. The maximum absolute atomic E-state index is 14.2. The van der Waals surface area contributed by atoms with Gasteiger partial charge < -0.3 is 23.8 Å². The molecule has 336 valence electrons. The number of anilines is 1. The lowest BCUT2D eigenvalue weighted by Gasteiger charge is -2.52. The SMILES string of the molecule is COc1ccc(C2(c3ccc(OC)cc3)C=Cc3c4c(c5cc(SC)c(-c6ccc(N7CCOCC7)cc6)cc5c3O2)-c2ccc(SC(F)(F)F)cc2C42CC(C)(C)CC(C)(C)C2)cc1. The van der Waals surface area contributed by atoms with Crippen molar-refractivity contribution >= 4 is 46.1 Å². The van der Waals surface area contributed by atoms with E-state index < -0.39 is 16.5 Å². The van der Waals surface area contributed by atoms with Crippen LogP contribution in [-0.4, -0.2) is 52.3 Å². The zero-order valence-electron chi connectivity index (χ0n) is 37.9. The van der Waals surface area contributed by atoms with Crippen LogP contribution in [0.2, 0.25) is 0 Å². The molecule has 65 heavy (non-hydrogen) atoms. The predicted molar refractivity (Wildman–Crippen MR) is 260 cm³/mol. The van der Waals surface area contributed by atoms with Crippen molar-refractivity contribution in [2.24, 2.45) is 10.8 Å². The van der Waals surface area contributed by atoms with E-state index in [2.05, 4.69) is 112 Å². The summed E-state index contributed by atoms with van der Waals surface area (Å²) in [6.07, 6.45) is 9.09. The third-order valence-corrected chi connectivity index (χ3v) is 15.5. The Labute approximate surface area is 388 Å². The molecule has 1 spiro atoms. The normalized spacial score (nSPS) is 18.8. The van der Waals surface area contributed by atoms with Crippen LogP contribution in [0.1, 0.15) is 74.8 Å². The Morgan fingerprint density at radius 1 is 0.692 bits per heavy atom. The van der Waals surface area contributed by atoms with Crippen molar-refractivity contribution in [3.05, 3.63) is 137 Å². The summed E-state index contributed by atoms with van der Waals surface area (Å²) >= 11 is 1.68. The van der Waals surface area contributed by atoms with Gasteiger partial charge in [0.1, 0.15) is 17.2 Å². The molecular weight excluding hydrogens is 860 g/mol. The molecule has 10 heteroatoms. The first-order valence-corrected chi connectivity index (χ1v) is 24.3. The number of hydrogen-bond donors (Lipinski definition) is 0. The average molecular weight is 914 g/mol. The molecule has 0 aromatic heterocycles. The smallest absolute Gasteiger partial charge is 0.446 e. The highest BCUT2D eigenvalue weighted by molar-refractivity contribution is 8.00. The monoisotopic (exact) mass is 913 g/mol. The zero-order valence-corrected chi connectivity index (χ0v) is 39.6. The summed E-state index contributed by atoms with van der Waals surface area (Å²) in [5, 5.41) is 1.98. The molecule has 10 rings (SSSR count). The lowest BCUT2D eigenvalue weighted by Crippen LogP contribution is -2.44. The molecule has 0 N–H and O–H groups in total. The van der Waals surface area contributed by atoms with Crippen molar-refractivity contribution in [1.82, 2.24) is 0 Å². The number of fused-ring (bicyclic) bond motifs is 10. The van der Waals surface area contributed by atoms with E-state index in [4.69, 9.17) is 18.9 Å².